The molecule has 2 rings (SSSR count). The Bertz CT molecular complexity index is 196. The molecule has 0 bridgehead atoms. The van der Waals surface area contributed by atoms with Crippen LogP contribution in [0.3, 0.4) is 0 Å². The summed E-state index contributed by atoms with van der Waals surface area (Å²) in [5.41, 5.74) is 3.13. The molecular weight excluding hydrogens is 191 g/mol. The fraction of sp³-hybridized carbons (Fsp3) is 0.800. The van der Waals surface area contributed by atoms with Gasteiger partial charge in [0.25, 0.3) is 0 Å². The van der Waals surface area contributed by atoms with Crippen LogP contribution in [-0.2, 0) is 0 Å². The van der Waals surface area contributed by atoms with Crippen LogP contribution in [0.4, 0.5) is 0 Å². The van der Waals surface area contributed by atoms with E-state index in [2.05, 4.69) is 0 Å². The van der Waals surface area contributed by atoms with E-state index in [0.29, 0.717) is 0 Å². The second-order valence-electron chi connectivity index (χ2n) is 3.98. The van der Waals surface area contributed by atoms with Crippen LogP contribution in [0.5, 0.6) is 0 Å². The third kappa shape index (κ3) is 1.80. The molecule has 0 amide bonds. The number of halogens is 2. The maximum Gasteiger partial charge on any atom is 0.125 e. The largest absolute Gasteiger partial charge is 0.125 e. The zero-order chi connectivity index (χ0) is 8.60. The molecule has 0 unspecified atom stereocenters. The van der Waals surface area contributed by atoms with Gasteiger partial charge >= 0.3 is 0 Å². The van der Waals surface area contributed by atoms with E-state index in [1.54, 1.807) is 11.1 Å². The summed E-state index contributed by atoms with van der Waals surface area (Å²) in [6, 6.07) is 0. The van der Waals surface area contributed by atoms with Gasteiger partial charge in [-0.15, -0.1) is 23.2 Å². The molecule has 0 saturated carbocycles. The van der Waals surface area contributed by atoms with Crippen LogP contribution in [-0.4, -0.2) is 4.33 Å². The molecule has 0 nitrogen and oxygen atoms in total. The summed E-state index contributed by atoms with van der Waals surface area (Å²) >= 11 is 12.2. The third-order valence-electron chi connectivity index (χ3n) is 2.90. The van der Waals surface area contributed by atoms with Crippen LogP contribution < -0.4 is 0 Å². The number of alkyl halides is 2. The average Bonchev–Trinajstić information content (AvgIpc) is 2.17. The first-order valence-electron chi connectivity index (χ1n) is 4.75. The van der Waals surface area contributed by atoms with Crippen molar-refractivity contribution in [3.8, 4) is 0 Å². The Labute approximate surface area is 83.9 Å². The molecule has 0 atom stereocenters. The lowest BCUT2D eigenvalue weighted by molar-refractivity contribution is 0.667. The predicted octanol–water partition coefficient (Wildman–Crippen LogP) is 4.21. The second-order valence-corrected chi connectivity index (χ2v) is 5.62. The maximum absolute atomic E-state index is 6.12. The number of allylic oxidation sites excluding steroid dienone is 2. The van der Waals surface area contributed by atoms with Crippen molar-refractivity contribution >= 4 is 23.2 Å². The van der Waals surface area contributed by atoms with Crippen LogP contribution in [0.15, 0.2) is 11.1 Å². The standard InChI is InChI=1S/C10H14Cl2/c11-10(12)6-8-4-2-1-3-5-9(8)7-10/h1-7H2. The molecule has 0 heterocycles. The second kappa shape index (κ2) is 3.23. The van der Waals surface area contributed by atoms with Gasteiger partial charge in [0.1, 0.15) is 4.33 Å². The Morgan fingerprint density at radius 3 is 1.83 bits per heavy atom. The van der Waals surface area contributed by atoms with Crippen LogP contribution >= 0.6 is 23.2 Å². The maximum atomic E-state index is 6.12. The number of rotatable bonds is 0. The van der Waals surface area contributed by atoms with Crippen molar-refractivity contribution in [3.05, 3.63) is 11.1 Å². The van der Waals surface area contributed by atoms with Gasteiger partial charge in [-0.1, -0.05) is 17.6 Å². The third-order valence-corrected chi connectivity index (χ3v) is 3.44. The Hall–Kier alpha value is 0.320. The van der Waals surface area contributed by atoms with E-state index in [-0.39, 0.29) is 0 Å². The molecule has 0 radical (unpaired) electrons. The molecule has 12 heavy (non-hydrogen) atoms. The minimum Gasteiger partial charge on any atom is -0.101 e. The Morgan fingerprint density at radius 1 is 0.833 bits per heavy atom. The zero-order valence-corrected chi connectivity index (χ0v) is 8.72. The van der Waals surface area contributed by atoms with Gasteiger partial charge in [-0.3, -0.25) is 0 Å². The smallest absolute Gasteiger partial charge is 0.101 e. The fourth-order valence-corrected chi connectivity index (χ4v) is 2.97. The van der Waals surface area contributed by atoms with Gasteiger partial charge in [0, 0.05) is 12.8 Å². The van der Waals surface area contributed by atoms with Crippen molar-refractivity contribution in [2.24, 2.45) is 0 Å². The van der Waals surface area contributed by atoms with Gasteiger partial charge < -0.3 is 0 Å². The van der Waals surface area contributed by atoms with Crippen molar-refractivity contribution in [2.75, 3.05) is 0 Å². The molecule has 2 aliphatic carbocycles. The van der Waals surface area contributed by atoms with E-state index < -0.39 is 4.33 Å². The normalized spacial score (nSPS) is 28.5. The summed E-state index contributed by atoms with van der Waals surface area (Å²) < 4.78 is -0.456. The molecular formula is C10H14Cl2. The minimum atomic E-state index is -0.456. The summed E-state index contributed by atoms with van der Waals surface area (Å²) in [5, 5.41) is 0. The molecule has 68 valence electrons. The van der Waals surface area contributed by atoms with Crippen molar-refractivity contribution in [1.29, 1.82) is 0 Å². The number of hydrogen-bond acceptors (Lipinski definition) is 0. The van der Waals surface area contributed by atoms with Crippen molar-refractivity contribution < 1.29 is 0 Å². The van der Waals surface area contributed by atoms with Crippen LogP contribution in [0, 0.1) is 0 Å². The summed E-state index contributed by atoms with van der Waals surface area (Å²) in [5.74, 6) is 0. The zero-order valence-electron chi connectivity index (χ0n) is 7.21. The summed E-state index contributed by atoms with van der Waals surface area (Å²) in [4.78, 5) is 0. The topological polar surface area (TPSA) is 0 Å². The SMILES string of the molecule is ClC1(Cl)CC2=C(CCCCC2)C1. The van der Waals surface area contributed by atoms with E-state index in [1.807, 2.05) is 0 Å². The summed E-state index contributed by atoms with van der Waals surface area (Å²) in [6.07, 6.45) is 8.39. The summed E-state index contributed by atoms with van der Waals surface area (Å²) in [7, 11) is 0. The predicted molar refractivity (Wildman–Crippen MR) is 53.8 cm³/mol. The van der Waals surface area contributed by atoms with Crippen molar-refractivity contribution in [2.45, 2.75) is 49.3 Å². The van der Waals surface area contributed by atoms with Gasteiger partial charge in [-0.05, 0) is 25.7 Å². The van der Waals surface area contributed by atoms with Crippen LogP contribution in [0.2, 0.25) is 0 Å². The molecule has 0 spiro atoms. The van der Waals surface area contributed by atoms with Gasteiger partial charge in [-0.2, -0.15) is 0 Å². The lowest BCUT2D eigenvalue weighted by atomic mass is 10.1. The van der Waals surface area contributed by atoms with Crippen molar-refractivity contribution in [3.63, 3.8) is 0 Å². The van der Waals surface area contributed by atoms with Gasteiger partial charge in [0.05, 0.1) is 0 Å². The van der Waals surface area contributed by atoms with Crippen molar-refractivity contribution in [1.82, 2.24) is 0 Å². The van der Waals surface area contributed by atoms with Crippen LogP contribution in [0.1, 0.15) is 44.9 Å². The Balaban J connectivity index is 2.12. The molecule has 0 aromatic carbocycles. The van der Waals surface area contributed by atoms with Gasteiger partial charge in [-0.25, -0.2) is 0 Å². The lowest BCUT2D eigenvalue weighted by Gasteiger charge is -2.12. The molecule has 0 aromatic heterocycles. The molecule has 0 aliphatic heterocycles. The van der Waals surface area contributed by atoms with E-state index in [4.69, 9.17) is 23.2 Å². The highest BCUT2D eigenvalue weighted by Crippen LogP contribution is 2.47. The van der Waals surface area contributed by atoms with E-state index >= 15 is 0 Å². The highest BCUT2D eigenvalue weighted by atomic mass is 35.5. The molecule has 0 aromatic rings. The average molecular weight is 205 g/mol. The quantitative estimate of drug-likeness (QED) is 0.410. The van der Waals surface area contributed by atoms with Gasteiger partial charge in [0.2, 0.25) is 0 Å². The highest BCUT2D eigenvalue weighted by Gasteiger charge is 2.34. The lowest BCUT2D eigenvalue weighted by Crippen LogP contribution is -2.06. The molecule has 0 fully saturated rings. The highest BCUT2D eigenvalue weighted by molar-refractivity contribution is 6.48. The van der Waals surface area contributed by atoms with E-state index in [0.717, 1.165) is 12.8 Å². The Kier molecular flexibility index (Phi) is 2.39. The van der Waals surface area contributed by atoms with E-state index in [1.165, 1.54) is 32.1 Å². The Morgan fingerprint density at radius 2 is 1.33 bits per heavy atom. The summed E-state index contributed by atoms with van der Waals surface area (Å²) in [6.45, 7) is 0. The first-order valence-corrected chi connectivity index (χ1v) is 5.51. The minimum absolute atomic E-state index is 0.456. The first-order chi connectivity index (χ1) is 5.67. The van der Waals surface area contributed by atoms with Gasteiger partial charge in [0.15, 0.2) is 0 Å². The fourth-order valence-electron chi connectivity index (χ4n) is 2.32. The first kappa shape index (κ1) is 8.90. The van der Waals surface area contributed by atoms with E-state index in [9.17, 15) is 0 Å². The molecule has 2 aliphatic rings. The number of hydrogen-bond donors (Lipinski definition) is 0. The monoisotopic (exact) mass is 204 g/mol. The molecule has 0 saturated heterocycles. The molecule has 0 N–H and O–H groups in total. The van der Waals surface area contributed by atoms with Crippen LogP contribution in [0.25, 0.3) is 0 Å². The molecule has 2 heteroatoms.